The maximum Gasteiger partial charge on any atom is 0.348 e. The number of ether oxygens (including phenoxy) is 3. The summed E-state index contributed by atoms with van der Waals surface area (Å²) < 4.78 is 13.7. The fraction of sp³-hybridized carbons (Fsp3) is 0.364. The highest BCUT2D eigenvalue weighted by Gasteiger charge is 2.28. The van der Waals surface area contributed by atoms with Crippen molar-refractivity contribution in [2.24, 2.45) is 0 Å². The van der Waals surface area contributed by atoms with Crippen LogP contribution in [-0.2, 0) is 25.4 Å². The quantitative estimate of drug-likeness (QED) is 0.639. The van der Waals surface area contributed by atoms with Crippen molar-refractivity contribution in [3.63, 3.8) is 0 Å². The lowest BCUT2D eigenvalue weighted by molar-refractivity contribution is -0.139. The van der Waals surface area contributed by atoms with Gasteiger partial charge in [-0.1, -0.05) is 0 Å². The van der Waals surface area contributed by atoms with E-state index in [-0.39, 0.29) is 27.4 Å². The van der Waals surface area contributed by atoms with E-state index in [0.717, 1.165) is 11.3 Å². The third-order valence-electron chi connectivity index (χ3n) is 2.34. The highest BCUT2D eigenvalue weighted by molar-refractivity contribution is 7.18. The predicted octanol–water partition coefficient (Wildman–Crippen LogP) is 0.619. The standard InChI is InChI=1S/C11H13NO6S/c1-16-6(13)4-5-7(10(14)17-2)9(12)19-8(5)11(15)18-3/h4,12H2,1-3H3. The Morgan fingerprint density at radius 3 is 2.11 bits per heavy atom. The summed E-state index contributed by atoms with van der Waals surface area (Å²) in [6.07, 6.45) is -0.265. The molecule has 0 amide bonds. The zero-order valence-electron chi connectivity index (χ0n) is 10.6. The Bertz CT molecular complexity index is 522. The van der Waals surface area contributed by atoms with Gasteiger partial charge in [-0.25, -0.2) is 9.59 Å². The molecule has 0 fully saturated rings. The molecular formula is C11H13NO6S. The van der Waals surface area contributed by atoms with Crippen LogP contribution >= 0.6 is 11.3 Å². The Labute approximate surface area is 113 Å². The summed E-state index contributed by atoms with van der Waals surface area (Å²) in [5, 5.41) is 0.0890. The smallest absolute Gasteiger partial charge is 0.348 e. The molecule has 1 aromatic rings. The summed E-state index contributed by atoms with van der Waals surface area (Å²) in [6.45, 7) is 0. The Hall–Kier alpha value is -2.09. The van der Waals surface area contributed by atoms with Crippen LogP contribution in [0.5, 0.6) is 0 Å². The van der Waals surface area contributed by atoms with E-state index in [9.17, 15) is 14.4 Å². The molecular weight excluding hydrogens is 274 g/mol. The maximum absolute atomic E-state index is 11.6. The number of methoxy groups -OCH3 is 3. The molecule has 0 atom stereocenters. The minimum absolute atomic E-state index is 0.00157. The number of hydrogen-bond acceptors (Lipinski definition) is 8. The van der Waals surface area contributed by atoms with Crippen molar-refractivity contribution in [3.8, 4) is 0 Å². The average molecular weight is 287 g/mol. The van der Waals surface area contributed by atoms with Crippen molar-refractivity contribution >= 4 is 34.2 Å². The van der Waals surface area contributed by atoms with Gasteiger partial charge in [0.1, 0.15) is 9.88 Å². The van der Waals surface area contributed by atoms with Crippen LogP contribution < -0.4 is 5.73 Å². The molecule has 0 unspecified atom stereocenters. The zero-order valence-corrected chi connectivity index (χ0v) is 11.5. The number of rotatable bonds is 4. The Kier molecular flexibility index (Phi) is 4.87. The van der Waals surface area contributed by atoms with Crippen LogP contribution in [0.4, 0.5) is 5.00 Å². The largest absolute Gasteiger partial charge is 0.469 e. The predicted molar refractivity (Wildman–Crippen MR) is 67.1 cm³/mol. The van der Waals surface area contributed by atoms with Crippen molar-refractivity contribution in [2.75, 3.05) is 27.1 Å². The summed E-state index contributed by atoms with van der Waals surface area (Å²) in [5.74, 6) is -2.00. The van der Waals surface area contributed by atoms with Crippen LogP contribution in [0.25, 0.3) is 0 Å². The second-order valence-corrected chi connectivity index (χ2v) is 4.44. The fourth-order valence-electron chi connectivity index (χ4n) is 1.45. The summed E-state index contributed by atoms with van der Waals surface area (Å²) in [7, 11) is 3.57. The monoisotopic (exact) mass is 287 g/mol. The lowest BCUT2D eigenvalue weighted by atomic mass is 10.1. The van der Waals surface area contributed by atoms with E-state index in [4.69, 9.17) is 5.73 Å². The molecule has 7 nitrogen and oxygen atoms in total. The third kappa shape index (κ3) is 3.02. The molecule has 1 rings (SSSR count). The highest BCUT2D eigenvalue weighted by atomic mass is 32.1. The SMILES string of the molecule is COC(=O)Cc1c(C(=O)OC)sc(N)c1C(=O)OC. The lowest BCUT2D eigenvalue weighted by Crippen LogP contribution is -2.13. The molecule has 8 heteroatoms. The van der Waals surface area contributed by atoms with Gasteiger partial charge >= 0.3 is 17.9 Å². The maximum atomic E-state index is 11.6. The number of carbonyl (C=O) groups excluding carboxylic acids is 3. The Morgan fingerprint density at radius 2 is 1.63 bits per heavy atom. The Balaban J connectivity index is 3.37. The van der Waals surface area contributed by atoms with Gasteiger partial charge in [0.25, 0.3) is 0 Å². The van der Waals surface area contributed by atoms with Crippen LogP contribution in [0.1, 0.15) is 25.6 Å². The van der Waals surface area contributed by atoms with E-state index in [1.165, 1.54) is 21.3 Å². The number of nitrogens with two attached hydrogens (primary N) is 1. The molecule has 0 aliphatic heterocycles. The summed E-state index contributed by atoms with van der Waals surface area (Å²) in [5.41, 5.74) is 5.84. The highest BCUT2D eigenvalue weighted by Crippen LogP contribution is 2.32. The van der Waals surface area contributed by atoms with Crippen molar-refractivity contribution < 1.29 is 28.6 Å². The van der Waals surface area contributed by atoms with E-state index >= 15 is 0 Å². The van der Waals surface area contributed by atoms with Crippen LogP contribution in [0, 0.1) is 0 Å². The molecule has 19 heavy (non-hydrogen) atoms. The number of carbonyl (C=O) groups is 3. The first-order valence-electron chi connectivity index (χ1n) is 5.10. The van der Waals surface area contributed by atoms with E-state index in [0.29, 0.717) is 0 Å². The zero-order chi connectivity index (χ0) is 14.6. The lowest BCUT2D eigenvalue weighted by Gasteiger charge is -2.04. The second kappa shape index (κ2) is 6.19. The summed E-state index contributed by atoms with van der Waals surface area (Å²) >= 11 is 0.864. The third-order valence-corrected chi connectivity index (χ3v) is 3.38. The molecule has 0 aromatic carbocycles. The summed E-state index contributed by atoms with van der Waals surface area (Å²) in [6, 6.07) is 0. The van der Waals surface area contributed by atoms with Crippen molar-refractivity contribution in [1.29, 1.82) is 0 Å². The average Bonchev–Trinajstić information content (AvgIpc) is 2.73. The van der Waals surface area contributed by atoms with Gasteiger partial charge in [-0.2, -0.15) is 0 Å². The van der Waals surface area contributed by atoms with Gasteiger partial charge in [-0.15, -0.1) is 11.3 Å². The van der Waals surface area contributed by atoms with Gasteiger partial charge in [-0.05, 0) is 0 Å². The Morgan fingerprint density at radius 1 is 1.05 bits per heavy atom. The topological polar surface area (TPSA) is 105 Å². The molecule has 104 valence electrons. The van der Waals surface area contributed by atoms with E-state index in [2.05, 4.69) is 14.2 Å². The molecule has 0 spiro atoms. The van der Waals surface area contributed by atoms with Crippen molar-refractivity contribution in [3.05, 3.63) is 16.0 Å². The molecule has 0 saturated heterocycles. The fourth-order valence-corrected chi connectivity index (χ4v) is 2.45. The molecule has 0 bridgehead atoms. The first-order chi connectivity index (χ1) is 8.96. The van der Waals surface area contributed by atoms with Crippen LogP contribution in [-0.4, -0.2) is 39.2 Å². The number of anilines is 1. The first-order valence-corrected chi connectivity index (χ1v) is 5.92. The van der Waals surface area contributed by atoms with E-state index in [1.807, 2.05) is 0 Å². The van der Waals surface area contributed by atoms with E-state index < -0.39 is 17.9 Å². The number of nitrogen functional groups attached to an aromatic ring is 1. The van der Waals surface area contributed by atoms with Crippen molar-refractivity contribution in [2.45, 2.75) is 6.42 Å². The minimum Gasteiger partial charge on any atom is -0.469 e. The van der Waals surface area contributed by atoms with Gasteiger partial charge in [-0.3, -0.25) is 4.79 Å². The minimum atomic E-state index is -0.720. The number of hydrogen-bond donors (Lipinski definition) is 1. The molecule has 1 heterocycles. The molecule has 1 aromatic heterocycles. The van der Waals surface area contributed by atoms with Gasteiger partial charge in [0.05, 0.1) is 33.3 Å². The molecule has 0 saturated carbocycles. The number of esters is 3. The second-order valence-electron chi connectivity index (χ2n) is 3.39. The van der Waals surface area contributed by atoms with Gasteiger partial charge in [0, 0.05) is 5.56 Å². The van der Waals surface area contributed by atoms with Gasteiger partial charge in [0.2, 0.25) is 0 Å². The normalized spacial score (nSPS) is 9.84. The van der Waals surface area contributed by atoms with Crippen LogP contribution in [0.15, 0.2) is 0 Å². The van der Waals surface area contributed by atoms with Crippen molar-refractivity contribution in [1.82, 2.24) is 0 Å². The number of thiophene rings is 1. The van der Waals surface area contributed by atoms with E-state index in [1.54, 1.807) is 0 Å². The summed E-state index contributed by atoms with van der Waals surface area (Å²) in [4.78, 5) is 34.7. The molecule has 0 aliphatic carbocycles. The molecule has 0 aliphatic rings. The van der Waals surface area contributed by atoms with Gasteiger partial charge < -0.3 is 19.9 Å². The first kappa shape index (κ1) is 15.0. The van der Waals surface area contributed by atoms with Crippen LogP contribution in [0.3, 0.4) is 0 Å². The van der Waals surface area contributed by atoms with Crippen LogP contribution in [0.2, 0.25) is 0 Å². The molecule has 2 N–H and O–H groups in total. The van der Waals surface area contributed by atoms with Gasteiger partial charge in [0.15, 0.2) is 0 Å². The molecule has 0 radical (unpaired) electrons.